The minimum absolute atomic E-state index is 0.502. The lowest BCUT2D eigenvalue weighted by molar-refractivity contribution is -0.117. The van der Waals surface area contributed by atoms with Gasteiger partial charge in [0.15, 0.2) is 0 Å². The summed E-state index contributed by atoms with van der Waals surface area (Å²) in [7, 11) is 0. The van der Waals surface area contributed by atoms with E-state index in [-0.39, 0.29) is 0 Å². The summed E-state index contributed by atoms with van der Waals surface area (Å²) in [6.07, 6.45) is -0.770. The van der Waals surface area contributed by atoms with Crippen molar-refractivity contribution in [2.24, 2.45) is 0 Å². The first-order valence-corrected chi connectivity index (χ1v) is 6.48. The van der Waals surface area contributed by atoms with Gasteiger partial charge in [-0.15, -0.1) is 11.8 Å². The molecule has 2 heterocycles. The van der Waals surface area contributed by atoms with Crippen LogP contribution in [0.25, 0.3) is 0 Å². The lowest BCUT2D eigenvalue weighted by atomic mass is 9.97. The number of halogens is 2. The summed E-state index contributed by atoms with van der Waals surface area (Å²) < 4.78 is 31.0. The molecule has 0 N–H and O–H groups in total. The van der Waals surface area contributed by atoms with Gasteiger partial charge in [0.25, 0.3) is 5.92 Å². The summed E-state index contributed by atoms with van der Waals surface area (Å²) in [5, 5.41) is -0.510. The number of carbonyl (C=O) groups is 2. The number of thioether (sulfide) groups is 1. The summed E-state index contributed by atoms with van der Waals surface area (Å²) in [5.74, 6) is -3.04. The molecule has 2 atom stereocenters. The molecule has 2 aliphatic rings. The molecule has 0 aromatic rings. The Balaban J connectivity index is 2.14. The Morgan fingerprint density at radius 1 is 1.50 bits per heavy atom. The number of fused-ring (bicyclic) bond motifs is 1. The molecule has 1 unspecified atom stereocenters. The van der Waals surface area contributed by atoms with Crippen LogP contribution in [0.2, 0.25) is 0 Å². The highest BCUT2D eigenvalue weighted by Crippen LogP contribution is 2.61. The lowest BCUT2D eigenvalue weighted by Crippen LogP contribution is -2.53. The van der Waals surface area contributed by atoms with Gasteiger partial charge >= 0.3 is 6.09 Å². The van der Waals surface area contributed by atoms with E-state index in [9.17, 15) is 18.4 Å². The first-order valence-electron chi connectivity index (χ1n) is 5.60. The van der Waals surface area contributed by atoms with Crippen molar-refractivity contribution in [1.82, 2.24) is 4.90 Å². The average Bonchev–Trinajstić information content (AvgIpc) is 2.87. The fourth-order valence-electron chi connectivity index (χ4n) is 2.03. The minimum atomic E-state index is -3.04. The van der Waals surface area contributed by atoms with E-state index in [4.69, 9.17) is 4.74 Å². The molecule has 4 nitrogen and oxygen atoms in total. The van der Waals surface area contributed by atoms with Crippen LogP contribution in [0.3, 0.4) is 0 Å². The Morgan fingerprint density at radius 3 is 2.61 bits per heavy atom. The van der Waals surface area contributed by atoms with E-state index in [0.29, 0.717) is 6.29 Å². The largest absolute Gasteiger partial charge is 0.444 e. The fraction of sp³-hybridized carbons (Fsp3) is 0.818. The summed E-state index contributed by atoms with van der Waals surface area (Å²) in [6, 6.07) is 0. The van der Waals surface area contributed by atoms with Gasteiger partial charge < -0.3 is 9.53 Å². The van der Waals surface area contributed by atoms with E-state index in [0.717, 1.165) is 16.7 Å². The number of nitrogens with zero attached hydrogens (tertiary/aromatic N) is 1. The number of carbonyl (C=O) groups excluding carboxylic acids is 2. The Hall–Kier alpha value is -0.850. The third-order valence-electron chi connectivity index (χ3n) is 2.74. The number of hydrogen-bond donors (Lipinski definition) is 0. The molecule has 0 spiro atoms. The molecule has 1 amide bonds. The zero-order chi connectivity index (χ0) is 13.8. The molecular weight excluding hydrogens is 264 g/mol. The molecule has 18 heavy (non-hydrogen) atoms. The van der Waals surface area contributed by atoms with Crippen LogP contribution in [0, 0.1) is 0 Å². The van der Waals surface area contributed by atoms with E-state index in [1.165, 1.54) is 0 Å². The van der Waals surface area contributed by atoms with Gasteiger partial charge in [0.2, 0.25) is 0 Å². The van der Waals surface area contributed by atoms with Crippen molar-refractivity contribution in [1.29, 1.82) is 0 Å². The lowest BCUT2D eigenvalue weighted by Gasteiger charge is -2.34. The number of piperidine rings is 1. The molecule has 0 aliphatic carbocycles. The van der Waals surface area contributed by atoms with Crippen molar-refractivity contribution >= 4 is 24.1 Å². The molecule has 2 saturated heterocycles. The molecular formula is C11H15F2NO3S. The molecule has 0 radical (unpaired) electrons. The van der Waals surface area contributed by atoms with E-state index >= 15 is 0 Å². The topological polar surface area (TPSA) is 46.6 Å². The third-order valence-corrected chi connectivity index (χ3v) is 4.29. The van der Waals surface area contributed by atoms with Gasteiger partial charge in [-0.2, -0.15) is 0 Å². The van der Waals surface area contributed by atoms with Crippen LogP contribution in [0.1, 0.15) is 27.2 Å². The van der Waals surface area contributed by atoms with Crippen LogP contribution in [-0.2, 0) is 9.53 Å². The van der Waals surface area contributed by atoms with E-state index in [1.807, 2.05) is 0 Å². The zero-order valence-corrected chi connectivity index (χ0v) is 11.2. The van der Waals surface area contributed by atoms with E-state index < -0.39 is 40.7 Å². The predicted octanol–water partition coefficient (Wildman–Crippen LogP) is 2.27. The summed E-state index contributed by atoms with van der Waals surface area (Å²) in [5.41, 5.74) is -0.743. The van der Waals surface area contributed by atoms with Crippen molar-refractivity contribution in [3.8, 4) is 0 Å². The van der Waals surface area contributed by atoms with Gasteiger partial charge in [-0.25, -0.2) is 13.6 Å². The molecule has 2 rings (SSSR count). The molecule has 0 aromatic carbocycles. The van der Waals surface area contributed by atoms with Crippen LogP contribution in [0.4, 0.5) is 13.6 Å². The maximum absolute atomic E-state index is 13.5. The van der Waals surface area contributed by atoms with Crippen LogP contribution in [0.15, 0.2) is 0 Å². The summed E-state index contributed by atoms with van der Waals surface area (Å²) >= 11 is 1.09. The molecule has 0 aromatic heterocycles. The number of rotatable bonds is 1. The number of ether oxygens (including phenoxy) is 1. The number of alkyl halides is 2. The summed E-state index contributed by atoms with van der Waals surface area (Å²) in [4.78, 5) is 23.7. The molecule has 0 saturated carbocycles. The van der Waals surface area contributed by atoms with Crippen molar-refractivity contribution < 1.29 is 23.1 Å². The molecule has 0 bridgehead atoms. The van der Waals surface area contributed by atoms with Crippen molar-refractivity contribution in [2.45, 2.75) is 48.8 Å². The van der Waals surface area contributed by atoms with E-state index in [2.05, 4.69) is 0 Å². The first-order chi connectivity index (χ1) is 8.09. The van der Waals surface area contributed by atoms with Crippen LogP contribution in [-0.4, -0.2) is 45.5 Å². The highest BCUT2D eigenvalue weighted by molar-refractivity contribution is 8.09. The smallest absolute Gasteiger partial charge is 0.411 e. The Kier molecular flexibility index (Phi) is 2.88. The van der Waals surface area contributed by atoms with Crippen molar-refractivity contribution in [2.75, 3.05) is 6.54 Å². The van der Waals surface area contributed by atoms with E-state index in [1.54, 1.807) is 20.8 Å². The van der Waals surface area contributed by atoms with Gasteiger partial charge in [0.05, 0.1) is 6.54 Å². The Morgan fingerprint density at radius 2 is 2.11 bits per heavy atom. The monoisotopic (exact) mass is 279 g/mol. The maximum atomic E-state index is 13.5. The second-order valence-corrected chi connectivity index (χ2v) is 7.13. The average molecular weight is 279 g/mol. The van der Waals surface area contributed by atoms with Crippen LogP contribution < -0.4 is 0 Å². The normalized spacial score (nSPS) is 33.6. The summed E-state index contributed by atoms with van der Waals surface area (Å²) in [6.45, 7) is 4.31. The standard InChI is InChI=1S/C11H15F2NO3S/c1-9(2,3)17-8(16)14-5-11(12,13)4-10(6-15)7(14)18-10/h6-7H,4-5H2,1-3H3/t7?,10-/m0/s1. The fourth-order valence-corrected chi connectivity index (χ4v) is 3.28. The number of amides is 1. The maximum Gasteiger partial charge on any atom is 0.411 e. The Bertz CT molecular complexity index is 396. The van der Waals surface area contributed by atoms with Gasteiger partial charge in [-0.05, 0) is 20.8 Å². The van der Waals surface area contributed by atoms with Crippen LogP contribution >= 0.6 is 11.8 Å². The quantitative estimate of drug-likeness (QED) is 0.545. The highest BCUT2D eigenvalue weighted by atomic mass is 32.2. The van der Waals surface area contributed by atoms with Gasteiger partial charge in [0, 0.05) is 6.42 Å². The first kappa shape index (κ1) is 13.6. The highest BCUT2D eigenvalue weighted by Gasteiger charge is 2.68. The molecule has 2 fully saturated rings. The number of hydrogen-bond acceptors (Lipinski definition) is 4. The SMILES string of the molecule is CC(C)(C)OC(=O)N1CC(F)(F)C[C@@]2(C=O)SC12. The third kappa shape index (κ3) is 2.46. The minimum Gasteiger partial charge on any atom is -0.444 e. The van der Waals surface area contributed by atoms with Crippen molar-refractivity contribution in [3.05, 3.63) is 0 Å². The van der Waals surface area contributed by atoms with Crippen LogP contribution in [0.5, 0.6) is 0 Å². The zero-order valence-electron chi connectivity index (χ0n) is 10.4. The molecule has 102 valence electrons. The number of likely N-dealkylation sites (tertiary alicyclic amines) is 1. The van der Waals surface area contributed by atoms with Crippen molar-refractivity contribution in [3.63, 3.8) is 0 Å². The number of aldehydes is 1. The van der Waals surface area contributed by atoms with Gasteiger partial charge in [-0.1, -0.05) is 0 Å². The molecule has 7 heteroatoms. The second kappa shape index (κ2) is 3.82. The molecule has 2 aliphatic heterocycles. The Labute approximate surface area is 108 Å². The van der Waals surface area contributed by atoms with Gasteiger partial charge in [0.1, 0.15) is 22.0 Å². The van der Waals surface area contributed by atoms with Gasteiger partial charge in [-0.3, -0.25) is 4.90 Å². The second-order valence-electron chi connectivity index (χ2n) is 5.68. The predicted molar refractivity (Wildman–Crippen MR) is 62.7 cm³/mol.